The van der Waals surface area contributed by atoms with Crippen LogP contribution in [0.25, 0.3) is 0 Å². The highest BCUT2D eigenvalue weighted by Crippen LogP contribution is 2.24. The number of aromatic nitrogens is 1. The van der Waals surface area contributed by atoms with Crippen LogP contribution in [-0.4, -0.2) is 35.5 Å². The molecule has 0 N–H and O–H groups in total. The van der Waals surface area contributed by atoms with E-state index in [2.05, 4.69) is 4.98 Å². The number of anilines is 1. The minimum absolute atomic E-state index is 0.0543. The van der Waals surface area contributed by atoms with Crippen molar-refractivity contribution in [1.82, 2.24) is 9.88 Å². The maximum absolute atomic E-state index is 11.9. The molecule has 1 aromatic heterocycles. The number of carbonyl (C=O) groups is 1. The standard InChI is InChI=1S/C11H15N3O/c1-8-4-5-12-6-10(8)14-7-9(2)13(3)11(14)15/h4-6,9H,7H2,1-3H3. The van der Waals surface area contributed by atoms with Crippen molar-refractivity contribution in [2.45, 2.75) is 19.9 Å². The molecule has 4 nitrogen and oxygen atoms in total. The molecule has 0 aliphatic carbocycles. The molecule has 1 aliphatic rings. The molecular weight excluding hydrogens is 190 g/mol. The summed E-state index contributed by atoms with van der Waals surface area (Å²) in [7, 11) is 1.83. The second-order valence-corrected chi connectivity index (χ2v) is 4.02. The number of carbonyl (C=O) groups excluding carboxylic acids is 1. The summed E-state index contributed by atoms with van der Waals surface area (Å²) < 4.78 is 0. The summed E-state index contributed by atoms with van der Waals surface area (Å²) in [4.78, 5) is 19.5. The van der Waals surface area contributed by atoms with Gasteiger partial charge in [-0.05, 0) is 25.5 Å². The molecule has 15 heavy (non-hydrogen) atoms. The molecule has 4 heteroatoms. The van der Waals surface area contributed by atoms with Gasteiger partial charge in [0.25, 0.3) is 0 Å². The van der Waals surface area contributed by atoms with Crippen LogP contribution in [0.5, 0.6) is 0 Å². The van der Waals surface area contributed by atoms with Gasteiger partial charge < -0.3 is 4.90 Å². The van der Waals surface area contributed by atoms with Crippen LogP contribution < -0.4 is 4.90 Å². The van der Waals surface area contributed by atoms with Gasteiger partial charge in [-0.15, -0.1) is 0 Å². The highest BCUT2D eigenvalue weighted by Gasteiger charge is 2.33. The van der Waals surface area contributed by atoms with Crippen molar-refractivity contribution in [3.8, 4) is 0 Å². The van der Waals surface area contributed by atoms with E-state index in [9.17, 15) is 4.79 Å². The average Bonchev–Trinajstić information content (AvgIpc) is 2.47. The van der Waals surface area contributed by atoms with Crippen molar-refractivity contribution in [2.75, 3.05) is 18.5 Å². The smallest absolute Gasteiger partial charge is 0.323 e. The molecule has 2 rings (SSSR count). The second-order valence-electron chi connectivity index (χ2n) is 4.02. The highest BCUT2D eigenvalue weighted by atomic mass is 16.2. The summed E-state index contributed by atoms with van der Waals surface area (Å²) >= 11 is 0. The average molecular weight is 205 g/mol. The van der Waals surface area contributed by atoms with E-state index >= 15 is 0 Å². The number of amides is 2. The predicted octanol–water partition coefficient (Wildman–Crippen LogP) is 1.65. The van der Waals surface area contributed by atoms with Crippen molar-refractivity contribution in [3.63, 3.8) is 0 Å². The van der Waals surface area contributed by atoms with E-state index < -0.39 is 0 Å². The first-order chi connectivity index (χ1) is 7.11. The van der Waals surface area contributed by atoms with Gasteiger partial charge in [0.1, 0.15) is 0 Å². The molecule has 0 spiro atoms. The van der Waals surface area contributed by atoms with Crippen LogP contribution >= 0.6 is 0 Å². The van der Waals surface area contributed by atoms with Crippen LogP contribution in [0, 0.1) is 6.92 Å². The van der Waals surface area contributed by atoms with Gasteiger partial charge in [-0.2, -0.15) is 0 Å². The molecule has 0 aromatic carbocycles. The first-order valence-electron chi connectivity index (χ1n) is 5.06. The van der Waals surface area contributed by atoms with Gasteiger partial charge in [-0.3, -0.25) is 9.88 Å². The molecule has 2 amide bonds. The van der Waals surface area contributed by atoms with E-state index in [1.807, 2.05) is 27.0 Å². The Morgan fingerprint density at radius 2 is 2.27 bits per heavy atom. The van der Waals surface area contributed by atoms with Crippen molar-refractivity contribution in [2.24, 2.45) is 0 Å². The summed E-state index contributed by atoms with van der Waals surface area (Å²) in [6.45, 7) is 4.78. The number of likely N-dealkylation sites (N-methyl/N-ethyl adjacent to an activating group) is 1. The Bertz CT molecular complexity index is 391. The number of hydrogen-bond acceptors (Lipinski definition) is 2. The van der Waals surface area contributed by atoms with Gasteiger partial charge in [0, 0.05) is 25.8 Å². The van der Waals surface area contributed by atoms with E-state index in [4.69, 9.17) is 0 Å². The zero-order chi connectivity index (χ0) is 11.0. The maximum atomic E-state index is 11.9. The molecular formula is C11H15N3O. The van der Waals surface area contributed by atoms with Gasteiger partial charge in [0.15, 0.2) is 0 Å². The van der Waals surface area contributed by atoms with E-state index in [-0.39, 0.29) is 12.1 Å². The first kappa shape index (κ1) is 9.96. The molecule has 1 saturated heterocycles. The molecule has 80 valence electrons. The fourth-order valence-electron chi connectivity index (χ4n) is 1.78. The normalized spacial score (nSPS) is 21.3. The highest BCUT2D eigenvalue weighted by molar-refractivity contribution is 5.94. The summed E-state index contributed by atoms with van der Waals surface area (Å²) in [5.41, 5.74) is 2.00. The van der Waals surface area contributed by atoms with E-state index in [1.165, 1.54) is 0 Å². The first-order valence-corrected chi connectivity index (χ1v) is 5.06. The summed E-state index contributed by atoms with van der Waals surface area (Å²) in [5, 5.41) is 0. The lowest BCUT2D eigenvalue weighted by molar-refractivity contribution is 0.221. The van der Waals surface area contributed by atoms with Crippen LogP contribution in [0.3, 0.4) is 0 Å². The second kappa shape index (κ2) is 3.53. The number of urea groups is 1. The van der Waals surface area contributed by atoms with E-state index in [0.717, 1.165) is 17.8 Å². The third-order valence-corrected chi connectivity index (χ3v) is 2.94. The minimum atomic E-state index is 0.0543. The van der Waals surface area contributed by atoms with Crippen LogP contribution in [-0.2, 0) is 0 Å². The van der Waals surface area contributed by atoms with E-state index in [0.29, 0.717) is 0 Å². The minimum Gasteiger partial charge on any atom is -0.323 e. The Labute approximate surface area is 89.5 Å². The van der Waals surface area contributed by atoms with Gasteiger partial charge in [-0.1, -0.05) is 0 Å². The third-order valence-electron chi connectivity index (χ3n) is 2.94. The monoisotopic (exact) mass is 205 g/mol. The lowest BCUT2D eigenvalue weighted by atomic mass is 10.2. The zero-order valence-electron chi connectivity index (χ0n) is 9.27. The molecule has 1 unspecified atom stereocenters. The van der Waals surface area contributed by atoms with Gasteiger partial charge in [-0.25, -0.2) is 4.79 Å². The number of pyridine rings is 1. The quantitative estimate of drug-likeness (QED) is 0.699. The SMILES string of the molecule is Cc1ccncc1N1CC(C)N(C)C1=O. The molecule has 1 aliphatic heterocycles. The van der Waals surface area contributed by atoms with Crippen molar-refractivity contribution in [1.29, 1.82) is 0 Å². The Kier molecular flexibility index (Phi) is 2.34. The third kappa shape index (κ3) is 1.56. The lowest BCUT2D eigenvalue weighted by Crippen LogP contribution is -2.30. The Hall–Kier alpha value is -1.58. The Morgan fingerprint density at radius 3 is 2.80 bits per heavy atom. The molecule has 0 bridgehead atoms. The molecule has 0 saturated carbocycles. The van der Waals surface area contributed by atoms with Crippen LogP contribution in [0.4, 0.5) is 10.5 Å². The van der Waals surface area contributed by atoms with Crippen molar-refractivity contribution in [3.05, 3.63) is 24.0 Å². The van der Waals surface area contributed by atoms with Crippen LogP contribution in [0.15, 0.2) is 18.5 Å². The number of hydrogen-bond donors (Lipinski definition) is 0. The molecule has 0 radical (unpaired) electrons. The van der Waals surface area contributed by atoms with E-state index in [1.54, 1.807) is 22.2 Å². The van der Waals surface area contributed by atoms with Gasteiger partial charge in [0.05, 0.1) is 11.9 Å². The largest absolute Gasteiger partial charge is 0.324 e. The van der Waals surface area contributed by atoms with Crippen LogP contribution in [0.2, 0.25) is 0 Å². The predicted molar refractivity (Wildman–Crippen MR) is 58.9 cm³/mol. The Balaban J connectivity index is 2.34. The molecule has 1 atom stereocenters. The topological polar surface area (TPSA) is 36.4 Å². The molecule has 2 heterocycles. The summed E-state index contributed by atoms with van der Waals surface area (Å²) in [6.07, 6.45) is 3.49. The molecule has 1 aromatic rings. The van der Waals surface area contributed by atoms with Crippen LogP contribution in [0.1, 0.15) is 12.5 Å². The lowest BCUT2D eigenvalue weighted by Gasteiger charge is -2.17. The number of aryl methyl sites for hydroxylation is 1. The zero-order valence-corrected chi connectivity index (χ0v) is 9.27. The fourth-order valence-corrected chi connectivity index (χ4v) is 1.78. The molecule has 1 fully saturated rings. The maximum Gasteiger partial charge on any atom is 0.324 e. The summed E-state index contributed by atoms with van der Waals surface area (Å²) in [5.74, 6) is 0. The number of nitrogens with zero attached hydrogens (tertiary/aromatic N) is 3. The fraction of sp³-hybridized carbons (Fsp3) is 0.455. The van der Waals surface area contributed by atoms with Crippen molar-refractivity contribution < 1.29 is 4.79 Å². The van der Waals surface area contributed by atoms with Crippen molar-refractivity contribution >= 4 is 11.7 Å². The Morgan fingerprint density at radius 1 is 1.53 bits per heavy atom. The summed E-state index contributed by atoms with van der Waals surface area (Å²) in [6, 6.07) is 2.24. The van der Waals surface area contributed by atoms with Gasteiger partial charge in [0.2, 0.25) is 0 Å². The van der Waals surface area contributed by atoms with Gasteiger partial charge >= 0.3 is 6.03 Å². The number of rotatable bonds is 1.